The number of nitrogens with zero attached hydrogens (tertiary/aromatic N) is 4. The van der Waals surface area contributed by atoms with Gasteiger partial charge in [0.05, 0.1) is 51.3 Å². The Hall–Kier alpha value is -5.14. The Balaban J connectivity index is 1.52. The number of benzene rings is 5. The predicted octanol–water partition coefficient (Wildman–Crippen LogP) is 11.2. The summed E-state index contributed by atoms with van der Waals surface area (Å²) in [5.74, 6) is 2.10. The summed E-state index contributed by atoms with van der Waals surface area (Å²) < 4.78 is 40.3. The zero-order valence-corrected chi connectivity index (χ0v) is 33.8. The number of ether oxygens (including phenoxy) is 4. The molecule has 0 aliphatic heterocycles. The van der Waals surface area contributed by atoms with Crippen molar-refractivity contribution in [3.8, 4) is 23.3 Å². The lowest BCUT2D eigenvalue weighted by molar-refractivity contribution is -0.0450. The fraction of sp³-hybridized carbons (Fsp3) is 0.311. The molecule has 0 fully saturated rings. The molecule has 5 rings (SSSR count). The van der Waals surface area contributed by atoms with Crippen molar-refractivity contribution >= 4 is 19.9 Å². The van der Waals surface area contributed by atoms with E-state index in [1.54, 1.807) is 14.2 Å². The summed E-state index contributed by atoms with van der Waals surface area (Å²) >= 11 is 0. The van der Waals surface area contributed by atoms with Crippen molar-refractivity contribution in [2.45, 2.75) is 57.9 Å². The molecule has 10 nitrogen and oxygen atoms in total. The molecule has 0 saturated carbocycles. The van der Waals surface area contributed by atoms with Crippen LogP contribution in [0, 0.1) is 11.3 Å². The average Bonchev–Trinajstić information content (AvgIpc) is 3.23. The number of hydrogen-bond acceptors (Lipinski definition) is 10. The molecule has 0 aromatic heterocycles. The molecule has 0 aliphatic rings. The number of methoxy groups -OCH3 is 2. The molecule has 2 atom stereocenters. The van der Waals surface area contributed by atoms with Gasteiger partial charge >= 0.3 is 0 Å². The average molecular weight is 775 g/mol. The summed E-state index contributed by atoms with van der Waals surface area (Å²) in [7, 11) is 1.67. The lowest BCUT2D eigenvalue weighted by Crippen LogP contribution is -2.39. The highest BCUT2D eigenvalue weighted by molar-refractivity contribution is 7.44. The SMILES string of the molecule is COc1ccc(C(OC[C@H](COc2ccc(N=Nc3ccccc3)cc2)OP(OCCC#N)N(C(C)C)C(C)C)(c2ccccc2)c2ccc(OC)cc2)cc1. The van der Waals surface area contributed by atoms with Gasteiger partial charge in [0.15, 0.2) is 0 Å². The van der Waals surface area contributed by atoms with Gasteiger partial charge in [-0.15, -0.1) is 0 Å². The molecule has 0 saturated heterocycles. The minimum absolute atomic E-state index is 0.102. The fourth-order valence-corrected chi connectivity index (χ4v) is 7.91. The number of nitriles is 1. The highest BCUT2D eigenvalue weighted by Crippen LogP contribution is 2.48. The first kappa shape index (κ1) is 42.0. The van der Waals surface area contributed by atoms with Crippen LogP contribution in [0.2, 0.25) is 0 Å². The van der Waals surface area contributed by atoms with Crippen molar-refractivity contribution in [2.75, 3.05) is 34.0 Å². The van der Waals surface area contributed by atoms with E-state index in [1.807, 2.05) is 121 Å². The molecule has 0 radical (unpaired) electrons. The van der Waals surface area contributed by atoms with Gasteiger partial charge in [0.2, 0.25) is 0 Å². The zero-order valence-electron chi connectivity index (χ0n) is 32.9. The molecule has 0 bridgehead atoms. The Labute approximate surface area is 332 Å². The minimum Gasteiger partial charge on any atom is -0.497 e. The van der Waals surface area contributed by atoms with Crippen molar-refractivity contribution in [3.63, 3.8) is 0 Å². The molecule has 0 heterocycles. The molecule has 292 valence electrons. The summed E-state index contributed by atoms with van der Waals surface area (Å²) in [5.41, 5.74) is 3.11. The van der Waals surface area contributed by atoms with E-state index < -0.39 is 20.2 Å². The monoisotopic (exact) mass is 774 g/mol. The molecule has 0 N–H and O–H groups in total. The smallest absolute Gasteiger partial charge is 0.259 e. The Morgan fingerprint density at radius 2 is 1.11 bits per heavy atom. The van der Waals surface area contributed by atoms with Gasteiger partial charge in [0.25, 0.3) is 8.53 Å². The second-order valence-corrected chi connectivity index (χ2v) is 14.8. The predicted molar refractivity (Wildman–Crippen MR) is 221 cm³/mol. The molecule has 5 aromatic rings. The van der Waals surface area contributed by atoms with Crippen molar-refractivity contribution < 1.29 is 28.0 Å². The first-order valence-corrected chi connectivity index (χ1v) is 19.8. The summed E-state index contributed by atoms with van der Waals surface area (Å²) in [6.45, 7) is 8.93. The minimum atomic E-state index is -1.63. The highest BCUT2D eigenvalue weighted by atomic mass is 31.2. The summed E-state index contributed by atoms with van der Waals surface area (Å²) in [4.78, 5) is 0. The maximum Gasteiger partial charge on any atom is 0.259 e. The van der Waals surface area contributed by atoms with Crippen molar-refractivity contribution in [3.05, 3.63) is 150 Å². The van der Waals surface area contributed by atoms with E-state index in [0.717, 1.165) is 33.9 Å². The Morgan fingerprint density at radius 1 is 0.625 bits per heavy atom. The zero-order chi connectivity index (χ0) is 39.8. The largest absolute Gasteiger partial charge is 0.497 e. The van der Waals surface area contributed by atoms with E-state index in [4.69, 9.17) is 28.0 Å². The summed E-state index contributed by atoms with van der Waals surface area (Å²) in [5, 5.41) is 18.1. The first-order valence-electron chi connectivity index (χ1n) is 18.7. The third-order valence-corrected chi connectivity index (χ3v) is 11.1. The van der Waals surface area contributed by atoms with Crippen LogP contribution in [0.4, 0.5) is 11.4 Å². The molecular weight excluding hydrogens is 723 g/mol. The van der Waals surface area contributed by atoms with E-state index in [9.17, 15) is 5.26 Å². The quantitative estimate of drug-likeness (QED) is 0.0314. The first-order chi connectivity index (χ1) is 27.3. The molecular formula is C45H51N4O6P. The van der Waals surface area contributed by atoms with Crippen LogP contribution in [0.25, 0.3) is 0 Å². The molecule has 5 aromatic carbocycles. The second-order valence-electron chi connectivity index (χ2n) is 13.4. The second kappa shape index (κ2) is 21.2. The topological polar surface area (TPSA) is 107 Å². The third-order valence-electron chi connectivity index (χ3n) is 8.87. The van der Waals surface area contributed by atoms with E-state index in [1.165, 1.54) is 0 Å². The van der Waals surface area contributed by atoms with Gasteiger partial charge in [-0.2, -0.15) is 15.5 Å². The van der Waals surface area contributed by atoms with Crippen LogP contribution in [0.5, 0.6) is 17.2 Å². The van der Waals surface area contributed by atoms with Gasteiger partial charge in [-0.3, -0.25) is 0 Å². The number of azo groups is 1. The maximum atomic E-state index is 9.36. The molecule has 1 unspecified atom stereocenters. The van der Waals surface area contributed by atoms with Crippen molar-refractivity contribution in [2.24, 2.45) is 10.2 Å². The van der Waals surface area contributed by atoms with E-state index in [0.29, 0.717) is 11.4 Å². The maximum absolute atomic E-state index is 9.36. The Morgan fingerprint density at radius 3 is 1.61 bits per heavy atom. The van der Waals surface area contributed by atoms with E-state index in [-0.39, 0.29) is 38.3 Å². The van der Waals surface area contributed by atoms with Crippen LogP contribution in [-0.4, -0.2) is 56.9 Å². The molecule has 11 heteroatoms. The van der Waals surface area contributed by atoms with Crippen LogP contribution < -0.4 is 14.2 Å². The van der Waals surface area contributed by atoms with Gasteiger partial charge < -0.3 is 28.0 Å². The van der Waals surface area contributed by atoms with E-state index in [2.05, 4.69) is 60.8 Å². The highest BCUT2D eigenvalue weighted by Gasteiger charge is 2.40. The summed E-state index contributed by atoms with van der Waals surface area (Å²) in [6, 6.07) is 45.4. The van der Waals surface area contributed by atoms with Crippen LogP contribution >= 0.6 is 8.53 Å². The van der Waals surface area contributed by atoms with Crippen LogP contribution in [-0.2, 0) is 19.4 Å². The lowest BCUT2D eigenvalue weighted by Gasteiger charge is -2.39. The van der Waals surface area contributed by atoms with Gasteiger partial charge in [-0.25, -0.2) is 4.67 Å². The fourth-order valence-electron chi connectivity index (χ4n) is 6.23. The van der Waals surface area contributed by atoms with Gasteiger partial charge in [0, 0.05) is 12.1 Å². The van der Waals surface area contributed by atoms with Gasteiger partial charge in [-0.1, -0.05) is 72.8 Å². The summed E-state index contributed by atoms with van der Waals surface area (Å²) in [6.07, 6.45) is -0.371. The van der Waals surface area contributed by atoms with Gasteiger partial charge in [-0.05, 0) is 105 Å². The number of rotatable bonds is 21. The van der Waals surface area contributed by atoms with E-state index >= 15 is 0 Å². The standard InChI is InChI=1S/C45H51N4O6P/c1-34(2)49(35(3)4)56(54-31-13-30-46)55-44(32-52-43-28-22-40(23-29-43)48-47-39-16-11-8-12-17-39)33-53-45(36-14-9-7-10-15-36,37-18-24-41(50-5)25-19-37)38-20-26-42(51-6)27-21-38/h7-12,14-29,34-35,44H,13,31-33H2,1-6H3/t44-,56?/m0/s1. The third kappa shape index (κ3) is 11.2. The normalized spacial score (nSPS) is 12.9. The van der Waals surface area contributed by atoms with Gasteiger partial charge in [0.1, 0.15) is 35.6 Å². The van der Waals surface area contributed by atoms with Crippen molar-refractivity contribution in [1.29, 1.82) is 5.26 Å². The van der Waals surface area contributed by atoms with Crippen LogP contribution in [0.3, 0.4) is 0 Å². The Bertz CT molecular complexity index is 1900. The number of hydrogen-bond donors (Lipinski definition) is 0. The molecule has 56 heavy (non-hydrogen) atoms. The van der Waals surface area contributed by atoms with Crippen LogP contribution in [0.1, 0.15) is 50.8 Å². The molecule has 0 amide bonds. The molecule has 0 spiro atoms. The molecule has 0 aliphatic carbocycles. The van der Waals surface area contributed by atoms with Crippen molar-refractivity contribution in [1.82, 2.24) is 4.67 Å². The Kier molecular flexibility index (Phi) is 15.9. The lowest BCUT2D eigenvalue weighted by atomic mass is 9.80. The van der Waals surface area contributed by atoms with Crippen LogP contribution in [0.15, 0.2) is 144 Å².